The number of carbonyl (C=O) groups is 8. The number of nitrogens with one attached hydrogen (secondary N) is 6. The lowest BCUT2D eigenvalue weighted by molar-refractivity contribution is -0.881. The number of ketones is 1. The van der Waals surface area contributed by atoms with Gasteiger partial charge in [0.05, 0.1) is 72.9 Å². The van der Waals surface area contributed by atoms with Crippen LogP contribution in [0.5, 0.6) is 0 Å². The normalized spacial score (nSPS) is 11.2. The second-order valence-corrected chi connectivity index (χ2v) is 18.2. The fourth-order valence-corrected chi connectivity index (χ4v) is 6.91. The molecule has 0 rings (SSSR count). The molecular formula is C55H112N7O14+. The first-order chi connectivity index (χ1) is 36.6. The van der Waals surface area contributed by atoms with Crippen LogP contribution < -0.4 is 31.9 Å². The molecule has 4 amide bonds. The van der Waals surface area contributed by atoms with Gasteiger partial charge in [-0.15, -0.1) is 0 Å². The summed E-state index contributed by atoms with van der Waals surface area (Å²) >= 11 is 0. The quantitative estimate of drug-likeness (QED) is 0.0209. The fourth-order valence-electron chi connectivity index (χ4n) is 6.91. The second-order valence-electron chi connectivity index (χ2n) is 18.2. The zero-order chi connectivity index (χ0) is 58.4. The summed E-state index contributed by atoms with van der Waals surface area (Å²) in [6, 6.07) is -1.06. The van der Waals surface area contributed by atoms with E-state index >= 15 is 0 Å². The lowest BCUT2D eigenvalue weighted by atomic mass is 10.0. The summed E-state index contributed by atoms with van der Waals surface area (Å²) in [6.45, 7) is 16.1. The van der Waals surface area contributed by atoms with E-state index in [-0.39, 0.29) is 94.9 Å². The highest BCUT2D eigenvalue weighted by atomic mass is 16.5. The van der Waals surface area contributed by atoms with Crippen molar-refractivity contribution in [2.24, 2.45) is 0 Å². The minimum Gasteiger partial charge on any atom is -0.481 e. The van der Waals surface area contributed by atoms with Gasteiger partial charge in [0, 0.05) is 25.9 Å². The largest absolute Gasteiger partial charge is 0.481 e. The van der Waals surface area contributed by atoms with Crippen molar-refractivity contribution < 1.29 is 72.0 Å². The van der Waals surface area contributed by atoms with Crippen LogP contribution in [0.15, 0.2) is 0 Å². The predicted molar refractivity (Wildman–Crippen MR) is 301 cm³/mol. The summed E-state index contributed by atoms with van der Waals surface area (Å²) in [7, 11) is 7.53. The molecule has 0 aromatic carbocycles. The van der Waals surface area contributed by atoms with Crippen LogP contribution in [0, 0.1) is 0 Å². The summed E-state index contributed by atoms with van der Waals surface area (Å²) in [5.41, 5.74) is 0. The summed E-state index contributed by atoms with van der Waals surface area (Å²) in [6.07, 6.45) is 24.3. The predicted octanol–water partition coefficient (Wildman–Crippen LogP) is 5.59. The van der Waals surface area contributed by atoms with Crippen molar-refractivity contribution >= 4 is 48.1 Å². The summed E-state index contributed by atoms with van der Waals surface area (Å²) in [5, 5.41) is 33.7. The Balaban J connectivity index is -0.000000384. The number of amides is 4. The van der Waals surface area contributed by atoms with Crippen LogP contribution in [-0.2, 0) is 57.3 Å². The van der Waals surface area contributed by atoms with E-state index in [2.05, 4.69) is 38.8 Å². The van der Waals surface area contributed by atoms with Crippen LogP contribution >= 0.6 is 0 Å². The van der Waals surface area contributed by atoms with E-state index in [1.54, 1.807) is 6.92 Å². The Morgan fingerprint density at radius 3 is 1.49 bits per heavy atom. The topological polar surface area (TPSA) is 286 Å². The van der Waals surface area contributed by atoms with E-state index in [1.165, 1.54) is 83.5 Å². The number of nitrogens with zero attached hydrogens (tertiary/aromatic N) is 1. The molecule has 450 valence electrons. The number of aliphatic carboxylic acids is 2. The molecule has 0 saturated carbocycles. The molecular weight excluding hydrogens is 983 g/mol. The number of aldehydes is 1. The average molecular weight is 1100 g/mol. The highest BCUT2D eigenvalue weighted by Crippen LogP contribution is 2.14. The van der Waals surface area contributed by atoms with Crippen LogP contribution in [0.4, 0.5) is 0 Å². The third-order valence-corrected chi connectivity index (χ3v) is 11.1. The van der Waals surface area contributed by atoms with Crippen LogP contribution in [0.2, 0.25) is 0 Å². The lowest BCUT2D eigenvalue weighted by Crippen LogP contribution is -2.51. The van der Waals surface area contributed by atoms with Gasteiger partial charge in [-0.25, -0.2) is 4.79 Å². The van der Waals surface area contributed by atoms with E-state index in [0.29, 0.717) is 56.6 Å². The molecule has 0 aliphatic heterocycles. The zero-order valence-electron chi connectivity index (χ0n) is 49.3. The van der Waals surface area contributed by atoms with Gasteiger partial charge in [-0.3, -0.25) is 28.8 Å². The minimum atomic E-state index is -1.21. The first-order valence-corrected chi connectivity index (χ1v) is 28.4. The van der Waals surface area contributed by atoms with Crippen LogP contribution in [0.25, 0.3) is 0 Å². The highest BCUT2D eigenvalue weighted by molar-refractivity contribution is 5.81. The third kappa shape index (κ3) is 67.9. The van der Waals surface area contributed by atoms with Crippen molar-refractivity contribution in [3.8, 4) is 0 Å². The Hall–Kier alpha value is -4.12. The van der Waals surface area contributed by atoms with Gasteiger partial charge in [-0.2, -0.15) is 0 Å². The van der Waals surface area contributed by atoms with Crippen LogP contribution in [0.3, 0.4) is 0 Å². The smallest absolute Gasteiger partial charge is 0.326 e. The number of unbranched alkanes of at least 4 members (excludes halogenated alkanes) is 15. The van der Waals surface area contributed by atoms with E-state index in [4.69, 9.17) is 29.2 Å². The number of likely N-dealkylation sites (N-methyl/N-ethyl adjacent to an activating group) is 2. The first kappa shape index (κ1) is 80.7. The van der Waals surface area contributed by atoms with Gasteiger partial charge in [0.2, 0.25) is 18.2 Å². The van der Waals surface area contributed by atoms with Gasteiger partial charge < -0.3 is 70.3 Å². The van der Waals surface area contributed by atoms with Crippen molar-refractivity contribution in [2.75, 3.05) is 120 Å². The molecule has 0 aromatic rings. The van der Waals surface area contributed by atoms with Crippen molar-refractivity contribution in [1.29, 1.82) is 0 Å². The highest BCUT2D eigenvalue weighted by Gasteiger charge is 2.20. The fraction of sp³-hybridized carbons (Fsp3) is 0.855. The summed E-state index contributed by atoms with van der Waals surface area (Å²) in [4.78, 5) is 88.4. The van der Waals surface area contributed by atoms with Crippen LogP contribution in [0.1, 0.15) is 176 Å². The van der Waals surface area contributed by atoms with Gasteiger partial charge in [0.15, 0.2) is 6.54 Å². The maximum atomic E-state index is 12.1. The molecule has 8 N–H and O–H groups in total. The number of rotatable bonds is 50. The number of hydrogen-bond donors (Lipinski definition) is 8. The molecule has 21 heteroatoms. The van der Waals surface area contributed by atoms with Gasteiger partial charge in [0.1, 0.15) is 31.3 Å². The van der Waals surface area contributed by atoms with E-state index in [0.717, 1.165) is 38.6 Å². The molecule has 0 heterocycles. The molecule has 21 nitrogen and oxygen atoms in total. The number of Topliss-reactive ketones (excluding diaryl/α,β-unsaturated/α-hetero) is 1. The molecule has 0 aromatic heterocycles. The Kier molecular flexibility index (Phi) is 69.2. The zero-order valence-corrected chi connectivity index (χ0v) is 49.3. The van der Waals surface area contributed by atoms with Gasteiger partial charge in [-0.1, -0.05) is 131 Å². The van der Waals surface area contributed by atoms with Crippen molar-refractivity contribution in [2.45, 2.75) is 188 Å². The van der Waals surface area contributed by atoms with Crippen LogP contribution in [-0.4, -0.2) is 195 Å². The van der Waals surface area contributed by atoms with Gasteiger partial charge in [-0.05, 0) is 53.2 Å². The molecule has 0 bridgehead atoms. The number of carboxylic acids is 2. The van der Waals surface area contributed by atoms with E-state index in [9.17, 15) is 38.4 Å². The number of ether oxygens (including phenoxy) is 4. The van der Waals surface area contributed by atoms with Gasteiger partial charge in [0.25, 0.3) is 5.91 Å². The standard InChI is InChI=1S/C24H43N5O11.C18H36O2.C9H20N2O.2C2H6/c1-29(2,17-22(33)27-7-11-37-13-14-39-12-9-30)8-5-25-23(34)18-40-16-15-38-10-6-26-21(32)4-3-20(24(35)36)28-19-31;1-2-3-4-5-6-7-8-9-10-11-12-13-14-15-16-17-18(19)20;1-8(12)9(11-3)6-4-5-7-10-2;2*1-2/h9,19-20H,3-8,10-18H2,1-2H3,(H4-,25,26,27,28,31,32,33,34,35,36);2-17H2,1H3,(H,19,20);9-11H,4-7H2,1-3H3;2*1-2H3/p+1. The number of carbonyl (C=O) groups excluding carboxylic acids is 6. The number of quaternary nitrogens is 1. The SMILES string of the molecule is CC.CC.CCCCCCCCCCCCCCCCCC(=O)O.CNCCCCC(NC)C(C)=O.C[N+](C)(CCNC(=O)COCCOCCNC(=O)CCC(NC=O)C(=O)O)CC(=O)NCCOCCOCC=O. The molecule has 0 saturated heterocycles. The first-order valence-electron chi connectivity index (χ1n) is 28.4. The van der Waals surface area contributed by atoms with E-state index < -0.39 is 18.0 Å². The maximum absolute atomic E-state index is 12.1. The van der Waals surface area contributed by atoms with Crippen molar-refractivity contribution in [3.05, 3.63) is 0 Å². The lowest BCUT2D eigenvalue weighted by Gasteiger charge is -2.29. The maximum Gasteiger partial charge on any atom is 0.326 e. The molecule has 2 unspecified atom stereocenters. The number of carboxylic acid groups (broad SMARTS) is 2. The Morgan fingerprint density at radius 2 is 1.03 bits per heavy atom. The number of hydrogen-bond acceptors (Lipinski definition) is 14. The molecule has 2 atom stereocenters. The summed E-state index contributed by atoms with van der Waals surface area (Å²) < 4.78 is 21.2. The molecule has 0 radical (unpaired) electrons. The minimum absolute atomic E-state index is 0.0264. The second kappa shape index (κ2) is 65.2. The third-order valence-electron chi connectivity index (χ3n) is 11.1. The average Bonchev–Trinajstić information content (AvgIpc) is 3.39. The molecule has 0 aliphatic rings. The van der Waals surface area contributed by atoms with Crippen molar-refractivity contribution in [1.82, 2.24) is 31.9 Å². The molecule has 0 spiro atoms. The Bertz CT molecular complexity index is 1360. The summed E-state index contributed by atoms with van der Waals surface area (Å²) in [5.74, 6) is -2.43. The molecule has 76 heavy (non-hydrogen) atoms. The Morgan fingerprint density at radius 1 is 0.539 bits per heavy atom. The van der Waals surface area contributed by atoms with E-state index in [1.807, 2.05) is 55.9 Å². The monoisotopic (exact) mass is 1090 g/mol. The molecule has 0 aliphatic carbocycles. The van der Waals surface area contributed by atoms with Gasteiger partial charge >= 0.3 is 11.9 Å². The molecule has 0 fully saturated rings. The van der Waals surface area contributed by atoms with Crippen molar-refractivity contribution in [3.63, 3.8) is 0 Å². The Labute approximate surface area is 459 Å².